The summed E-state index contributed by atoms with van der Waals surface area (Å²) in [6.45, 7) is 1.93. The summed E-state index contributed by atoms with van der Waals surface area (Å²) >= 11 is 5.93. The van der Waals surface area contributed by atoms with Crippen molar-refractivity contribution in [3.05, 3.63) is 57.7 Å². The largest absolute Gasteiger partial charge is 0.459 e. The maximum Gasteiger partial charge on any atom is 0.285 e. The van der Waals surface area contributed by atoms with E-state index in [2.05, 4.69) is 15.5 Å². The molecule has 6 heteroatoms. The lowest BCUT2D eigenvalue weighted by molar-refractivity contribution is 0.526. The van der Waals surface area contributed by atoms with E-state index in [9.17, 15) is 4.79 Å². The molecule has 3 rings (SSSR count). The van der Waals surface area contributed by atoms with Gasteiger partial charge in [0.1, 0.15) is 16.4 Å². The molecular weight excluding hydrogens is 278 g/mol. The van der Waals surface area contributed by atoms with Crippen LogP contribution in [-0.2, 0) is 0 Å². The van der Waals surface area contributed by atoms with Crippen LogP contribution in [0.5, 0.6) is 0 Å². The second-order valence-electron chi connectivity index (χ2n) is 4.48. The average molecular weight is 290 g/mol. The van der Waals surface area contributed by atoms with Crippen molar-refractivity contribution in [1.82, 2.24) is 10.2 Å². The van der Waals surface area contributed by atoms with Gasteiger partial charge in [0.2, 0.25) is 0 Å². The predicted molar refractivity (Wildman–Crippen MR) is 78.1 cm³/mol. The molecule has 0 saturated carbocycles. The molecule has 0 aliphatic heterocycles. The number of fused-ring (bicyclic) bond motifs is 1. The number of nitrogens with zero attached hydrogens (tertiary/aromatic N) is 1. The Kier molecular flexibility index (Phi) is 3.20. The smallest absolute Gasteiger partial charge is 0.285 e. The number of anilines is 1. The lowest BCUT2D eigenvalue weighted by Crippen LogP contribution is -2.13. The van der Waals surface area contributed by atoms with Gasteiger partial charge < -0.3 is 9.73 Å². The molecule has 0 fully saturated rings. The first-order valence-electron chi connectivity index (χ1n) is 6.13. The molecule has 102 valence electrons. The third-order valence-corrected chi connectivity index (χ3v) is 3.41. The molecule has 2 N–H and O–H groups in total. The number of aromatic amines is 1. The van der Waals surface area contributed by atoms with E-state index >= 15 is 0 Å². The van der Waals surface area contributed by atoms with E-state index < -0.39 is 5.56 Å². The Hall–Kier alpha value is -2.27. The minimum Gasteiger partial charge on any atom is -0.459 e. The van der Waals surface area contributed by atoms with Crippen LogP contribution in [0, 0.1) is 0 Å². The Bertz CT molecular complexity index is 776. The molecule has 1 aromatic carbocycles. The van der Waals surface area contributed by atoms with Crippen LogP contribution in [0.1, 0.15) is 18.7 Å². The quantitative estimate of drug-likeness (QED) is 0.776. The van der Waals surface area contributed by atoms with Gasteiger partial charge in [-0.25, -0.2) is 5.10 Å². The third-order valence-electron chi connectivity index (χ3n) is 3.04. The van der Waals surface area contributed by atoms with Crippen LogP contribution in [-0.4, -0.2) is 10.2 Å². The molecule has 0 radical (unpaired) electrons. The summed E-state index contributed by atoms with van der Waals surface area (Å²) in [4.78, 5) is 11.4. The molecule has 0 aliphatic carbocycles. The van der Waals surface area contributed by atoms with Crippen LogP contribution in [0.3, 0.4) is 0 Å². The van der Waals surface area contributed by atoms with Crippen LogP contribution in [0.25, 0.3) is 11.0 Å². The number of aromatic nitrogens is 2. The molecule has 0 unspecified atom stereocenters. The van der Waals surface area contributed by atoms with Gasteiger partial charge in [-0.2, -0.15) is 5.10 Å². The number of rotatable bonds is 3. The number of furan rings is 1. The fraction of sp³-hybridized carbons (Fsp3) is 0.143. The van der Waals surface area contributed by atoms with Gasteiger partial charge in [0.05, 0.1) is 17.9 Å². The van der Waals surface area contributed by atoms with Crippen molar-refractivity contribution in [2.45, 2.75) is 13.0 Å². The Labute approximate surface area is 119 Å². The van der Waals surface area contributed by atoms with E-state index in [-0.39, 0.29) is 11.1 Å². The highest BCUT2D eigenvalue weighted by Crippen LogP contribution is 2.27. The lowest BCUT2D eigenvalue weighted by Gasteiger charge is -2.12. The van der Waals surface area contributed by atoms with Crippen LogP contribution in [0.4, 0.5) is 5.69 Å². The van der Waals surface area contributed by atoms with Crippen molar-refractivity contribution in [2.75, 3.05) is 5.32 Å². The first-order valence-corrected chi connectivity index (χ1v) is 6.51. The molecule has 0 amide bonds. The summed E-state index contributed by atoms with van der Waals surface area (Å²) in [6, 6.07) is 9.59. The number of nitrogens with one attached hydrogen (secondary N) is 2. The van der Waals surface area contributed by atoms with Gasteiger partial charge >= 0.3 is 0 Å². The van der Waals surface area contributed by atoms with Gasteiger partial charge in [-0.15, -0.1) is 0 Å². The van der Waals surface area contributed by atoms with Crippen LogP contribution in [0.2, 0.25) is 5.02 Å². The molecular formula is C14H12ClN3O2. The van der Waals surface area contributed by atoms with Crippen molar-refractivity contribution in [3.8, 4) is 0 Å². The topological polar surface area (TPSA) is 70.9 Å². The van der Waals surface area contributed by atoms with Gasteiger partial charge in [0.25, 0.3) is 5.56 Å². The van der Waals surface area contributed by atoms with Gasteiger partial charge in [0, 0.05) is 5.39 Å². The molecule has 2 heterocycles. The summed E-state index contributed by atoms with van der Waals surface area (Å²) in [6.07, 6.45) is 1.48. The molecule has 0 bridgehead atoms. The minimum atomic E-state index is -0.423. The summed E-state index contributed by atoms with van der Waals surface area (Å²) in [5.41, 5.74) is 0.878. The second kappa shape index (κ2) is 5.02. The fourth-order valence-electron chi connectivity index (χ4n) is 2.00. The molecule has 1 atom stereocenters. The Morgan fingerprint density at radius 2 is 2.20 bits per heavy atom. The maximum atomic E-state index is 11.4. The zero-order valence-electron chi connectivity index (χ0n) is 10.7. The van der Waals surface area contributed by atoms with Gasteiger partial charge in [-0.3, -0.25) is 4.79 Å². The monoisotopic (exact) mass is 289 g/mol. The van der Waals surface area contributed by atoms with Crippen molar-refractivity contribution in [3.63, 3.8) is 0 Å². The van der Waals surface area contributed by atoms with Crippen molar-refractivity contribution >= 4 is 28.3 Å². The summed E-state index contributed by atoms with van der Waals surface area (Å²) in [5.74, 6) is 0.766. The highest BCUT2D eigenvalue weighted by molar-refractivity contribution is 6.32. The zero-order valence-corrected chi connectivity index (χ0v) is 11.4. The highest BCUT2D eigenvalue weighted by Gasteiger charge is 2.14. The van der Waals surface area contributed by atoms with Gasteiger partial charge in [-0.05, 0) is 19.1 Å². The van der Waals surface area contributed by atoms with E-state index in [1.54, 1.807) is 0 Å². The molecule has 2 aromatic heterocycles. The van der Waals surface area contributed by atoms with Crippen LogP contribution < -0.4 is 10.9 Å². The van der Waals surface area contributed by atoms with Crippen molar-refractivity contribution < 1.29 is 4.42 Å². The maximum absolute atomic E-state index is 11.4. The normalized spacial score (nSPS) is 12.5. The van der Waals surface area contributed by atoms with Crippen molar-refractivity contribution in [1.29, 1.82) is 0 Å². The fourth-order valence-corrected chi connectivity index (χ4v) is 2.15. The van der Waals surface area contributed by atoms with Gasteiger partial charge in [0.15, 0.2) is 0 Å². The second-order valence-corrected chi connectivity index (χ2v) is 4.86. The summed E-state index contributed by atoms with van der Waals surface area (Å²) in [5, 5.41) is 10.2. The number of para-hydroxylation sites is 1. The van der Waals surface area contributed by atoms with Crippen LogP contribution >= 0.6 is 11.6 Å². The van der Waals surface area contributed by atoms with Gasteiger partial charge in [-0.1, -0.05) is 29.8 Å². The number of hydrogen-bond acceptors (Lipinski definition) is 4. The highest BCUT2D eigenvalue weighted by atomic mass is 35.5. The summed E-state index contributed by atoms with van der Waals surface area (Å²) in [7, 11) is 0. The SMILES string of the molecule is C[C@@H](Nc1cn[nH]c(=O)c1Cl)c1cc2ccccc2o1. The Morgan fingerprint density at radius 3 is 3.00 bits per heavy atom. The zero-order chi connectivity index (χ0) is 14.1. The van der Waals surface area contributed by atoms with E-state index in [4.69, 9.17) is 16.0 Å². The molecule has 5 nitrogen and oxygen atoms in total. The standard InChI is InChI=1S/C14H12ClN3O2/c1-8(17-10-7-16-18-14(19)13(10)15)12-6-9-4-2-3-5-11(9)20-12/h2-8H,1H3,(H2,17,18,19)/t8-/m1/s1. The van der Waals surface area contributed by atoms with E-state index in [0.717, 1.165) is 16.7 Å². The van der Waals surface area contributed by atoms with E-state index in [1.807, 2.05) is 37.3 Å². The number of hydrogen-bond donors (Lipinski definition) is 2. The Balaban J connectivity index is 1.90. The molecule has 3 aromatic rings. The summed E-state index contributed by atoms with van der Waals surface area (Å²) < 4.78 is 5.76. The third kappa shape index (κ3) is 2.28. The predicted octanol–water partition coefficient (Wildman–Crippen LogP) is 3.34. The molecule has 20 heavy (non-hydrogen) atoms. The first-order chi connectivity index (χ1) is 9.65. The lowest BCUT2D eigenvalue weighted by atomic mass is 10.2. The number of H-pyrrole nitrogens is 1. The van der Waals surface area contributed by atoms with E-state index in [1.165, 1.54) is 6.20 Å². The van der Waals surface area contributed by atoms with Crippen LogP contribution in [0.15, 0.2) is 45.7 Å². The molecule has 0 spiro atoms. The number of benzene rings is 1. The molecule has 0 saturated heterocycles. The Morgan fingerprint density at radius 1 is 1.40 bits per heavy atom. The van der Waals surface area contributed by atoms with Crippen molar-refractivity contribution in [2.24, 2.45) is 0 Å². The minimum absolute atomic E-state index is 0.0861. The first kappa shape index (κ1) is 12.7. The van der Waals surface area contributed by atoms with E-state index in [0.29, 0.717) is 5.69 Å². The molecule has 0 aliphatic rings. The average Bonchev–Trinajstić information content (AvgIpc) is 2.88. The number of halogens is 1.